The van der Waals surface area contributed by atoms with Crippen LogP contribution in [0.1, 0.15) is 38.5 Å². The lowest BCUT2D eigenvalue weighted by Crippen LogP contribution is -2.42. The standard InChI is InChI=1S/C15H29N3O/c1-17-9-5-7-14(13-17)15(19)16-8-6-12-18-10-3-2-4-11-18/h14H,2-13H2,1H3,(H,16,19). The molecule has 2 aliphatic rings. The molecule has 0 aromatic heterocycles. The van der Waals surface area contributed by atoms with E-state index in [4.69, 9.17) is 0 Å². The van der Waals surface area contributed by atoms with Crippen LogP contribution in [0.3, 0.4) is 0 Å². The molecule has 2 saturated heterocycles. The molecular weight excluding hydrogens is 238 g/mol. The van der Waals surface area contributed by atoms with Crippen molar-refractivity contribution < 1.29 is 4.79 Å². The summed E-state index contributed by atoms with van der Waals surface area (Å²) in [5.41, 5.74) is 0. The quantitative estimate of drug-likeness (QED) is 0.763. The highest BCUT2D eigenvalue weighted by Crippen LogP contribution is 2.15. The first-order chi connectivity index (χ1) is 9.25. The minimum atomic E-state index is 0.216. The lowest BCUT2D eigenvalue weighted by Gasteiger charge is -2.29. The van der Waals surface area contributed by atoms with E-state index in [-0.39, 0.29) is 11.8 Å². The minimum absolute atomic E-state index is 0.216. The van der Waals surface area contributed by atoms with Gasteiger partial charge >= 0.3 is 0 Å². The zero-order chi connectivity index (χ0) is 13.5. The van der Waals surface area contributed by atoms with E-state index in [0.29, 0.717) is 0 Å². The van der Waals surface area contributed by atoms with Gasteiger partial charge < -0.3 is 15.1 Å². The Morgan fingerprint density at radius 2 is 1.95 bits per heavy atom. The van der Waals surface area contributed by atoms with Crippen LogP contribution in [0.25, 0.3) is 0 Å². The van der Waals surface area contributed by atoms with Crippen molar-refractivity contribution in [2.75, 3.05) is 46.3 Å². The lowest BCUT2D eigenvalue weighted by atomic mass is 9.97. The Balaban J connectivity index is 1.55. The number of nitrogens with one attached hydrogen (secondary N) is 1. The molecule has 0 aromatic rings. The first kappa shape index (κ1) is 14.8. The maximum atomic E-state index is 12.0. The highest BCUT2D eigenvalue weighted by molar-refractivity contribution is 5.78. The molecular formula is C15H29N3O. The molecule has 1 atom stereocenters. The number of amides is 1. The maximum Gasteiger partial charge on any atom is 0.224 e. The van der Waals surface area contributed by atoms with Crippen molar-refractivity contribution in [3.8, 4) is 0 Å². The Morgan fingerprint density at radius 1 is 1.16 bits per heavy atom. The molecule has 2 rings (SSSR count). The number of hydrogen-bond acceptors (Lipinski definition) is 3. The molecule has 1 N–H and O–H groups in total. The van der Waals surface area contributed by atoms with Gasteiger partial charge in [-0.15, -0.1) is 0 Å². The van der Waals surface area contributed by atoms with Gasteiger partial charge in [0.05, 0.1) is 5.92 Å². The van der Waals surface area contributed by atoms with Crippen LogP contribution in [-0.4, -0.2) is 62.0 Å². The fraction of sp³-hybridized carbons (Fsp3) is 0.933. The van der Waals surface area contributed by atoms with E-state index in [1.165, 1.54) is 32.4 Å². The van der Waals surface area contributed by atoms with Crippen molar-refractivity contribution in [2.45, 2.75) is 38.5 Å². The molecule has 0 radical (unpaired) electrons. The number of nitrogens with zero attached hydrogens (tertiary/aromatic N) is 2. The summed E-state index contributed by atoms with van der Waals surface area (Å²) in [6.07, 6.45) is 7.39. The van der Waals surface area contributed by atoms with E-state index in [1.807, 2.05) is 0 Å². The van der Waals surface area contributed by atoms with Gasteiger partial charge in [0.15, 0.2) is 0 Å². The summed E-state index contributed by atoms with van der Waals surface area (Å²) >= 11 is 0. The summed E-state index contributed by atoms with van der Waals surface area (Å²) in [6.45, 7) is 6.56. The van der Waals surface area contributed by atoms with Gasteiger partial charge in [0.2, 0.25) is 5.91 Å². The van der Waals surface area contributed by atoms with E-state index in [2.05, 4.69) is 22.2 Å². The van der Waals surface area contributed by atoms with Crippen LogP contribution < -0.4 is 5.32 Å². The van der Waals surface area contributed by atoms with E-state index < -0.39 is 0 Å². The average Bonchev–Trinajstić information content (AvgIpc) is 2.44. The number of piperidine rings is 2. The number of carbonyl (C=O) groups is 1. The first-order valence-corrected chi connectivity index (χ1v) is 7.94. The topological polar surface area (TPSA) is 35.6 Å². The van der Waals surface area contributed by atoms with Crippen LogP contribution in [-0.2, 0) is 4.79 Å². The third-order valence-corrected chi connectivity index (χ3v) is 4.39. The van der Waals surface area contributed by atoms with Gasteiger partial charge in [0, 0.05) is 13.1 Å². The molecule has 0 spiro atoms. The molecule has 2 aliphatic heterocycles. The van der Waals surface area contributed by atoms with Gasteiger partial charge in [0.25, 0.3) is 0 Å². The van der Waals surface area contributed by atoms with Crippen molar-refractivity contribution in [2.24, 2.45) is 5.92 Å². The SMILES string of the molecule is CN1CCCC(C(=O)NCCCN2CCCCC2)C1. The molecule has 4 nitrogen and oxygen atoms in total. The Bertz CT molecular complexity index is 277. The molecule has 2 fully saturated rings. The molecule has 19 heavy (non-hydrogen) atoms. The molecule has 1 unspecified atom stereocenters. The predicted molar refractivity (Wildman–Crippen MR) is 78.1 cm³/mol. The van der Waals surface area contributed by atoms with Gasteiger partial charge in [-0.05, 0) is 65.3 Å². The van der Waals surface area contributed by atoms with Gasteiger partial charge in [-0.2, -0.15) is 0 Å². The monoisotopic (exact) mass is 267 g/mol. The second kappa shape index (κ2) is 7.85. The Hall–Kier alpha value is -0.610. The fourth-order valence-corrected chi connectivity index (χ4v) is 3.22. The third-order valence-electron chi connectivity index (χ3n) is 4.39. The number of carbonyl (C=O) groups excluding carboxylic acids is 1. The maximum absolute atomic E-state index is 12.0. The summed E-state index contributed by atoms with van der Waals surface area (Å²) in [7, 11) is 2.11. The summed E-state index contributed by atoms with van der Waals surface area (Å²) < 4.78 is 0. The summed E-state index contributed by atoms with van der Waals surface area (Å²) in [6, 6.07) is 0. The molecule has 110 valence electrons. The van der Waals surface area contributed by atoms with Crippen molar-refractivity contribution in [3.05, 3.63) is 0 Å². The van der Waals surface area contributed by atoms with Crippen molar-refractivity contribution >= 4 is 5.91 Å². The van der Waals surface area contributed by atoms with Crippen LogP contribution in [0.4, 0.5) is 0 Å². The van der Waals surface area contributed by atoms with Crippen LogP contribution in [0, 0.1) is 5.92 Å². The lowest BCUT2D eigenvalue weighted by molar-refractivity contribution is -0.126. The van der Waals surface area contributed by atoms with Crippen LogP contribution in [0.2, 0.25) is 0 Å². The summed E-state index contributed by atoms with van der Waals surface area (Å²) in [5.74, 6) is 0.485. The van der Waals surface area contributed by atoms with Gasteiger partial charge in [0.1, 0.15) is 0 Å². The van der Waals surface area contributed by atoms with Crippen LogP contribution in [0.15, 0.2) is 0 Å². The Morgan fingerprint density at radius 3 is 2.68 bits per heavy atom. The smallest absolute Gasteiger partial charge is 0.224 e. The van der Waals surface area contributed by atoms with Gasteiger partial charge in [-0.25, -0.2) is 0 Å². The van der Waals surface area contributed by atoms with Gasteiger partial charge in [-0.3, -0.25) is 4.79 Å². The highest BCUT2D eigenvalue weighted by Gasteiger charge is 2.23. The van der Waals surface area contributed by atoms with E-state index in [9.17, 15) is 4.79 Å². The number of likely N-dealkylation sites (tertiary alicyclic amines) is 2. The molecule has 0 aliphatic carbocycles. The zero-order valence-electron chi connectivity index (χ0n) is 12.4. The van der Waals surface area contributed by atoms with E-state index in [1.54, 1.807) is 0 Å². The molecule has 0 bridgehead atoms. The fourth-order valence-electron chi connectivity index (χ4n) is 3.22. The Labute approximate surface area is 117 Å². The van der Waals surface area contributed by atoms with Crippen LogP contribution >= 0.6 is 0 Å². The third kappa shape index (κ3) is 5.11. The van der Waals surface area contributed by atoms with Crippen molar-refractivity contribution in [3.63, 3.8) is 0 Å². The van der Waals surface area contributed by atoms with Crippen molar-refractivity contribution in [1.29, 1.82) is 0 Å². The Kier molecular flexibility index (Phi) is 6.11. The summed E-state index contributed by atoms with van der Waals surface area (Å²) in [5, 5.41) is 3.12. The largest absolute Gasteiger partial charge is 0.356 e. The summed E-state index contributed by atoms with van der Waals surface area (Å²) in [4.78, 5) is 16.8. The molecule has 1 amide bonds. The minimum Gasteiger partial charge on any atom is -0.356 e. The molecule has 4 heteroatoms. The van der Waals surface area contributed by atoms with Crippen molar-refractivity contribution in [1.82, 2.24) is 15.1 Å². The number of rotatable bonds is 5. The van der Waals surface area contributed by atoms with Gasteiger partial charge in [-0.1, -0.05) is 6.42 Å². The highest BCUT2D eigenvalue weighted by atomic mass is 16.1. The predicted octanol–water partition coefficient (Wildman–Crippen LogP) is 1.32. The number of hydrogen-bond donors (Lipinski definition) is 1. The van der Waals surface area contributed by atoms with Crippen LogP contribution in [0.5, 0.6) is 0 Å². The first-order valence-electron chi connectivity index (χ1n) is 7.94. The second-order valence-electron chi connectivity index (χ2n) is 6.15. The molecule has 0 saturated carbocycles. The second-order valence-corrected chi connectivity index (χ2v) is 6.15. The normalized spacial score (nSPS) is 26.3. The van der Waals surface area contributed by atoms with E-state index >= 15 is 0 Å². The zero-order valence-corrected chi connectivity index (χ0v) is 12.4. The molecule has 0 aromatic carbocycles. The molecule has 2 heterocycles. The van der Waals surface area contributed by atoms with E-state index in [0.717, 1.165) is 45.4 Å². The average molecular weight is 267 g/mol.